The van der Waals surface area contributed by atoms with Gasteiger partial charge < -0.3 is 24.2 Å². The standard InChI is InChI=1S/C22H27NO6/c1-5-12-28-19-10-8-9-11-20(19)29-22(26)17-13-16(21(25)27-7-3)15(4)23(6-2)18(17)14-24/h5,8-11,24H,1,6-7,12-14H2,2-4H3. The lowest BCUT2D eigenvalue weighted by atomic mass is 9.96. The van der Waals surface area contributed by atoms with E-state index in [1.54, 1.807) is 49.1 Å². The summed E-state index contributed by atoms with van der Waals surface area (Å²) in [6.07, 6.45) is 1.61. The highest BCUT2D eigenvalue weighted by Gasteiger charge is 2.32. The van der Waals surface area contributed by atoms with E-state index in [0.29, 0.717) is 29.3 Å². The van der Waals surface area contributed by atoms with E-state index in [1.165, 1.54) is 0 Å². The maximum Gasteiger partial charge on any atom is 0.341 e. The molecule has 1 heterocycles. The number of nitrogens with zero attached hydrogens (tertiary/aromatic N) is 1. The van der Waals surface area contributed by atoms with Crippen LogP contribution < -0.4 is 9.47 Å². The molecule has 0 fully saturated rings. The van der Waals surface area contributed by atoms with E-state index in [1.807, 2.05) is 6.92 Å². The number of carbonyl (C=O) groups is 2. The van der Waals surface area contributed by atoms with Gasteiger partial charge in [0.05, 0.1) is 30.1 Å². The van der Waals surface area contributed by atoms with Gasteiger partial charge in [-0.1, -0.05) is 24.8 Å². The quantitative estimate of drug-likeness (QED) is 0.387. The number of aliphatic hydroxyl groups is 1. The number of ether oxygens (including phenoxy) is 3. The van der Waals surface area contributed by atoms with Crippen LogP contribution in [0.2, 0.25) is 0 Å². The third kappa shape index (κ3) is 5.06. The molecule has 1 aliphatic rings. The Morgan fingerprint density at radius 1 is 1.17 bits per heavy atom. The average Bonchev–Trinajstić information content (AvgIpc) is 2.72. The highest BCUT2D eigenvalue weighted by molar-refractivity contribution is 5.97. The molecule has 7 heteroatoms. The van der Waals surface area contributed by atoms with Crippen molar-refractivity contribution in [1.82, 2.24) is 4.90 Å². The molecule has 0 spiro atoms. The maximum atomic E-state index is 13.0. The molecule has 2 rings (SSSR count). The fourth-order valence-corrected chi connectivity index (χ4v) is 3.14. The van der Waals surface area contributed by atoms with E-state index >= 15 is 0 Å². The van der Waals surface area contributed by atoms with Gasteiger partial charge in [0.15, 0.2) is 11.5 Å². The Hall–Kier alpha value is -3.06. The van der Waals surface area contributed by atoms with Crippen LogP contribution in [0.4, 0.5) is 0 Å². The van der Waals surface area contributed by atoms with Crippen molar-refractivity contribution in [2.24, 2.45) is 0 Å². The van der Waals surface area contributed by atoms with Gasteiger partial charge in [0.2, 0.25) is 0 Å². The molecule has 0 amide bonds. The highest BCUT2D eigenvalue weighted by atomic mass is 16.6. The van der Waals surface area contributed by atoms with Crippen molar-refractivity contribution < 1.29 is 28.9 Å². The summed E-state index contributed by atoms with van der Waals surface area (Å²) in [6, 6.07) is 6.78. The molecule has 156 valence electrons. The average molecular weight is 401 g/mol. The number of hydrogen-bond acceptors (Lipinski definition) is 7. The molecule has 0 aromatic heterocycles. The van der Waals surface area contributed by atoms with Gasteiger partial charge in [0, 0.05) is 18.7 Å². The van der Waals surface area contributed by atoms with Crippen LogP contribution in [-0.4, -0.2) is 48.3 Å². The molecule has 0 unspecified atom stereocenters. The highest BCUT2D eigenvalue weighted by Crippen LogP contribution is 2.33. The van der Waals surface area contributed by atoms with Gasteiger partial charge >= 0.3 is 11.9 Å². The van der Waals surface area contributed by atoms with E-state index in [0.717, 1.165) is 0 Å². The minimum Gasteiger partial charge on any atom is -0.486 e. The fraction of sp³-hybridized carbons (Fsp3) is 0.364. The van der Waals surface area contributed by atoms with Gasteiger partial charge in [0.25, 0.3) is 0 Å². The summed E-state index contributed by atoms with van der Waals surface area (Å²) in [5.41, 5.74) is 1.64. The zero-order valence-corrected chi connectivity index (χ0v) is 17.1. The molecular weight excluding hydrogens is 374 g/mol. The predicted molar refractivity (Wildman–Crippen MR) is 108 cm³/mol. The zero-order chi connectivity index (χ0) is 21.4. The second-order valence-corrected chi connectivity index (χ2v) is 6.22. The molecule has 29 heavy (non-hydrogen) atoms. The number of hydrogen-bond donors (Lipinski definition) is 1. The minimum atomic E-state index is -0.656. The Morgan fingerprint density at radius 2 is 1.86 bits per heavy atom. The SMILES string of the molecule is C=CCOc1ccccc1OC(=O)C1=C(CO)N(CC)C(C)=C(C(=O)OCC)C1. The molecule has 0 bridgehead atoms. The van der Waals surface area contributed by atoms with E-state index < -0.39 is 11.9 Å². The van der Waals surface area contributed by atoms with Gasteiger partial charge in [-0.25, -0.2) is 9.59 Å². The molecule has 1 N–H and O–H groups in total. The largest absolute Gasteiger partial charge is 0.486 e. The zero-order valence-electron chi connectivity index (χ0n) is 17.1. The molecule has 0 atom stereocenters. The summed E-state index contributed by atoms with van der Waals surface area (Å²) in [6.45, 7) is 9.57. The van der Waals surface area contributed by atoms with Crippen LogP contribution in [0.25, 0.3) is 0 Å². The number of allylic oxidation sites excluding steroid dienone is 1. The number of rotatable bonds is 9. The summed E-state index contributed by atoms with van der Waals surface area (Å²) in [5, 5.41) is 9.91. The van der Waals surface area contributed by atoms with Crippen LogP contribution in [0.15, 0.2) is 59.5 Å². The lowest BCUT2D eigenvalue weighted by Gasteiger charge is -2.33. The number of esters is 2. The molecule has 1 aromatic carbocycles. The van der Waals surface area contributed by atoms with Crippen molar-refractivity contribution in [1.29, 1.82) is 0 Å². The van der Waals surface area contributed by atoms with E-state index in [2.05, 4.69) is 6.58 Å². The number of aliphatic hydroxyl groups excluding tert-OH is 1. The van der Waals surface area contributed by atoms with Crippen LogP contribution in [0.1, 0.15) is 27.2 Å². The first kappa shape index (κ1) is 22.2. The number of carbonyl (C=O) groups excluding carboxylic acids is 2. The monoisotopic (exact) mass is 401 g/mol. The van der Waals surface area contributed by atoms with E-state index in [9.17, 15) is 14.7 Å². The minimum absolute atomic E-state index is 0.0194. The van der Waals surface area contributed by atoms with Crippen LogP contribution in [0.5, 0.6) is 11.5 Å². The number of para-hydroxylation sites is 2. The van der Waals surface area contributed by atoms with Crippen LogP contribution in [0, 0.1) is 0 Å². The smallest absolute Gasteiger partial charge is 0.341 e. The van der Waals surface area contributed by atoms with Gasteiger partial charge in [-0.05, 0) is 32.9 Å². The molecule has 0 saturated carbocycles. The lowest BCUT2D eigenvalue weighted by Crippen LogP contribution is -2.34. The van der Waals surface area contributed by atoms with Crippen molar-refractivity contribution in [3.05, 3.63) is 59.5 Å². The molecule has 1 aliphatic heterocycles. The van der Waals surface area contributed by atoms with Crippen molar-refractivity contribution in [2.45, 2.75) is 27.2 Å². The fourth-order valence-electron chi connectivity index (χ4n) is 3.14. The lowest BCUT2D eigenvalue weighted by molar-refractivity contribution is -0.138. The number of likely N-dealkylation sites (N-methyl/N-ethyl adjacent to an activating group) is 1. The van der Waals surface area contributed by atoms with E-state index in [4.69, 9.17) is 14.2 Å². The summed E-state index contributed by atoms with van der Waals surface area (Å²) in [4.78, 5) is 27.1. The Bertz CT molecular complexity index is 839. The van der Waals surface area contributed by atoms with Gasteiger partial charge in [0.1, 0.15) is 6.61 Å². The first-order chi connectivity index (χ1) is 14.0. The molecular formula is C22H27NO6. The second-order valence-electron chi connectivity index (χ2n) is 6.22. The Morgan fingerprint density at radius 3 is 2.45 bits per heavy atom. The first-order valence-corrected chi connectivity index (χ1v) is 9.50. The van der Waals surface area contributed by atoms with Crippen molar-refractivity contribution >= 4 is 11.9 Å². The Kier molecular flexibility index (Phi) is 8.03. The van der Waals surface area contributed by atoms with Crippen molar-refractivity contribution in [3.8, 4) is 11.5 Å². The van der Waals surface area contributed by atoms with E-state index in [-0.39, 0.29) is 37.6 Å². The summed E-state index contributed by atoms with van der Waals surface area (Å²) < 4.78 is 16.2. The summed E-state index contributed by atoms with van der Waals surface area (Å²) >= 11 is 0. The van der Waals surface area contributed by atoms with Gasteiger partial charge in [-0.2, -0.15) is 0 Å². The Balaban J connectivity index is 2.37. The normalized spacial score (nSPS) is 14.0. The van der Waals surface area contributed by atoms with Crippen molar-refractivity contribution in [3.63, 3.8) is 0 Å². The third-order valence-electron chi connectivity index (χ3n) is 4.51. The van der Waals surface area contributed by atoms with Crippen molar-refractivity contribution in [2.75, 3.05) is 26.4 Å². The molecule has 7 nitrogen and oxygen atoms in total. The van der Waals surface area contributed by atoms with Gasteiger partial charge in [-0.3, -0.25) is 0 Å². The third-order valence-corrected chi connectivity index (χ3v) is 4.51. The number of benzene rings is 1. The molecule has 0 aliphatic carbocycles. The maximum absolute atomic E-state index is 13.0. The van der Waals surface area contributed by atoms with Gasteiger partial charge in [-0.15, -0.1) is 0 Å². The van der Waals surface area contributed by atoms with Crippen LogP contribution >= 0.6 is 0 Å². The molecule has 1 aromatic rings. The Labute approximate surface area is 170 Å². The summed E-state index contributed by atoms with van der Waals surface area (Å²) in [7, 11) is 0. The van der Waals surface area contributed by atoms with Crippen LogP contribution in [-0.2, 0) is 14.3 Å². The first-order valence-electron chi connectivity index (χ1n) is 9.50. The van der Waals surface area contributed by atoms with Crippen LogP contribution in [0.3, 0.4) is 0 Å². The second kappa shape index (κ2) is 10.5. The summed E-state index contributed by atoms with van der Waals surface area (Å²) in [5.74, 6) is -0.500. The predicted octanol–water partition coefficient (Wildman–Crippen LogP) is 2.97. The topological polar surface area (TPSA) is 85.3 Å². The molecule has 0 saturated heterocycles. The molecule has 0 radical (unpaired) electrons.